The Balaban J connectivity index is 1.86. The third-order valence-electron chi connectivity index (χ3n) is 4.25. The molecule has 1 amide bonds. The van der Waals surface area contributed by atoms with Gasteiger partial charge < -0.3 is 4.90 Å². The molecule has 144 valence electrons. The first kappa shape index (κ1) is 19.8. The number of thiazole rings is 1. The highest BCUT2D eigenvalue weighted by molar-refractivity contribution is 7.22. The molecular weight excluding hydrogens is 382 g/mol. The standard InChI is InChI=1S/C19H24ClN5OS/c1-13-10-14(2)25(22-13)12-18(26)24(9-5-8-23(3)4)19-21-16-7-6-15(20)11-17(16)27-19/h6-7,10-11H,5,8-9,12H2,1-4H3. The monoisotopic (exact) mass is 405 g/mol. The zero-order valence-corrected chi connectivity index (χ0v) is 17.6. The van der Waals surface area contributed by atoms with Gasteiger partial charge in [-0.05, 0) is 65.2 Å². The number of aryl methyl sites for hydroxylation is 2. The van der Waals surface area contributed by atoms with Crippen LogP contribution in [0.4, 0.5) is 5.13 Å². The molecule has 0 N–H and O–H groups in total. The lowest BCUT2D eigenvalue weighted by molar-refractivity contribution is -0.119. The Morgan fingerprint density at radius 3 is 2.67 bits per heavy atom. The van der Waals surface area contributed by atoms with Crippen molar-refractivity contribution < 1.29 is 4.79 Å². The second kappa shape index (κ2) is 8.37. The summed E-state index contributed by atoms with van der Waals surface area (Å²) < 4.78 is 2.73. The molecule has 0 radical (unpaired) electrons. The topological polar surface area (TPSA) is 54.3 Å². The summed E-state index contributed by atoms with van der Waals surface area (Å²) in [5.74, 6) is -0.00916. The summed E-state index contributed by atoms with van der Waals surface area (Å²) >= 11 is 7.59. The number of rotatable bonds is 7. The van der Waals surface area contributed by atoms with Crippen LogP contribution in [-0.2, 0) is 11.3 Å². The minimum absolute atomic E-state index is 0.00916. The molecule has 0 bridgehead atoms. The lowest BCUT2D eigenvalue weighted by Gasteiger charge is -2.21. The third-order valence-corrected chi connectivity index (χ3v) is 5.52. The van der Waals surface area contributed by atoms with Crippen molar-refractivity contribution in [3.63, 3.8) is 0 Å². The van der Waals surface area contributed by atoms with Gasteiger partial charge in [-0.15, -0.1) is 0 Å². The molecule has 0 aliphatic rings. The molecule has 0 unspecified atom stereocenters. The summed E-state index contributed by atoms with van der Waals surface area (Å²) in [6, 6.07) is 7.58. The quantitative estimate of drug-likeness (QED) is 0.600. The van der Waals surface area contributed by atoms with Crippen molar-refractivity contribution in [2.45, 2.75) is 26.8 Å². The van der Waals surface area contributed by atoms with E-state index in [1.165, 1.54) is 11.3 Å². The van der Waals surface area contributed by atoms with E-state index in [4.69, 9.17) is 11.6 Å². The molecule has 6 nitrogen and oxygen atoms in total. The molecule has 0 saturated carbocycles. The Hall–Kier alpha value is -1.96. The Morgan fingerprint density at radius 1 is 1.22 bits per heavy atom. The maximum absolute atomic E-state index is 13.1. The van der Waals surface area contributed by atoms with E-state index in [0.29, 0.717) is 16.7 Å². The molecule has 0 aliphatic carbocycles. The van der Waals surface area contributed by atoms with Crippen LogP contribution in [0, 0.1) is 13.8 Å². The van der Waals surface area contributed by atoms with Gasteiger partial charge in [0, 0.05) is 17.3 Å². The van der Waals surface area contributed by atoms with Crippen molar-refractivity contribution in [2.75, 3.05) is 32.1 Å². The average Bonchev–Trinajstić information content (AvgIpc) is 3.13. The Kier molecular flexibility index (Phi) is 6.14. The van der Waals surface area contributed by atoms with Gasteiger partial charge in [0.1, 0.15) is 6.54 Å². The molecule has 0 atom stereocenters. The Bertz CT molecular complexity index is 949. The maximum atomic E-state index is 13.1. The molecule has 1 aromatic carbocycles. The highest BCUT2D eigenvalue weighted by atomic mass is 35.5. The summed E-state index contributed by atoms with van der Waals surface area (Å²) in [5.41, 5.74) is 2.75. The number of halogens is 1. The van der Waals surface area contributed by atoms with E-state index in [1.807, 2.05) is 52.2 Å². The molecule has 3 rings (SSSR count). The van der Waals surface area contributed by atoms with Crippen molar-refractivity contribution in [3.05, 3.63) is 40.7 Å². The minimum Gasteiger partial charge on any atom is -0.309 e. The highest BCUT2D eigenvalue weighted by Crippen LogP contribution is 2.31. The van der Waals surface area contributed by atoms with Crippen LogP contribution in [-0.4, -0.2) is 52.8 Å². The van der Waals surface area contributed by atoms with Crippen LogP contribution in [0.15, 0.2) is 24.3 Å². The normalized spacial score (nSPS) is 11.5. The zero-order valence-electron chi connectivity index (χ0n) is 16.1. The summed E-state index contributed by atoms with van der Waals surface area (Å²) in [7, 11) is 4.06. The van der Waals surface area contributed by atoms with Crippen LogP contribution in [0.2, 0.25) is 5.02 Å². The van der Waals surface area contributed by atoms with Gasteiger partial charge in [0.25, 0.3) is 5.91 Å². The average molecular weight is 406 g/mol. The predicted octanol–water partition coefficient (Wildman–Crippen LogP) is 3.75. The van der Waals surface area contributed by atoms with Crippen molar-refractivity contribution in [1.82, 2.24) is 19.7 Å². The van der Waals surface area contributed by atoms with Crippen LogP contribution in [0.1, 0.15) is 17.8 Å². The molecule has 0 fully saturated rings. The number of carbonyl (C=O) groups excluding carboxylic acids is 1. The van der Waals surface area contributed by atoms with Gasteiger partial charge in [-0.25, -0.2) is 4.98 Å². The first-order valence-electron chi connectivity index (χ1n) is 8.86. The van der Waals surface area contributed by atoms with E-state index in [-0.39, 0.29) is 12.5 Å². The molecule has 27 heavy (non-hydrogen) atoms. The van der Waals surface area contributed by atoms with E-state index < -0.39 is 0 Å². The van der Waals surface area contributed by atoms with Gasteiger partial charge in [-0.3, -0.25) is 14.4 Å². The number of amides is 1. The number of carbonyl (C=O) groups is 1. The first-order chi connectivity index (χ1) is 12.8. The van der Waals surface area contributed by atoms with E-state index in [0.717, 1.165) is 34.6 Å². The number of hydrogen-bond donors (Lipinski definition) is 0. The summed E-state index contributed by atoms with van der Waals surface area (Å²) in [5, 5.41) is 5.79. The number of nitrogens with zero attached hydrogens (tertiary/aromatic N) is 5. The summed E-state index contributed by atoms with van der Waals surface area (Å²) in [6.07, 6.45) is 0.868. The van der Waals surface area contributed by atoms with E-state index in [2.05, 4.69) is 15.0 Å². The van der Waals surface area contributed by atoms with Gasteiger partial charge in [0.2, 0.25) is 0 Å². The SMILES string of the molecule is Cc1cc(C)n(CC(=O)N(CCCN(C)C)c2nc3ccc(Cl)cc3s2)n1. The van der Waals surface area contributed by atoms with E-state index in [1.54, 1.807) is 9.58 Å². The van der Waals surface area contributed by atoms with Crippen LogP contribution in [0.5, 0.6) is 0 Å². The van der Waals surface area contributed by atoms with Gasteiger partial charge in [-0.1, -0.05) is 22.9 Å². The van der Waals surface area contributed by atoms with Gasteiger partial charge in [0.15, 0.2) is 5.13 Å². The van der Waals surface area contributed by atoms with Crippen molar-refractivity contribution in [3.8, 4) is 0 Å². The van der Waals surface area contributed by atoms with Crippen molar-refractivity contribution in [2.24, 2.45) is 0 Å². The number of hydrogen-bond acceptors (Lipinski definition) is 5. The fraction of sp³-hybridized carbons (Fsp3) is 0.421. The molecule has 3 aromatic rings. The molecular formula is C19H24ClN5OS. The lowest BCUT2D eigenvalue weighted by atomic mass is 10.3. The number of fused-ring (bicyclic) bond motifs is 1. The number of benzene rings is 1. The Morgan fingerprint density at radius 2 is 2.00 bits per heavy atom. The molecule has 2 heterocycles. The lowest BCUT2D eigenvalue weighted by Crippen LogP contribution is -2.36. The van der Waals surface area contributed by atoms with Gasteiger partial charge >= 0.3 is 0 Å². The number of aromatic nitrogens is 3. The van der Waals surface area contributed by atoms with Crippen LogP contribution < -0.4 is 4.90 Å². The van der Waals surface area contributed by atoms with Crippen molar-refractivity contribution >= 4 is 44.2 Å². The molecule has 0 saturated heterocycles. The fourth-order valence-electron chi connectivity index (χ4n) is 2.92. The fourth-order valence-corrected chi connectivity index (χ4v) is 4.21. The zero-order chi connectivity index (χ0) is 19.6. The van der Waals surface area contributed by atoms with Crippen molar-refractivity contribution in [1.29, 1.82) is 0 Å². The van der Waals surface area contributed by atoms with Crippen LogP contribution in [0.3, 0.4) is 0 Å². The Labute approximate surface area is 168 Å². The largest absolute Gasteiger partial charge is 0.309 e. The minimum atomic E-state index is -0.00916. The first-order valence-corrected chi connectivity index (χ1v) is 10.0. The summed E-state index contributed by atoms with van der Waals surface area (Å²) in [4.78, 5) is 21.6. The third kappa shape index (κ3) is 4.86. The smallest absolute Gasteiger partial charge is 0.250 e. The van der Waals surface area contributed by atoms with E-state index >= 15 is 0 Å². The molecule has 2 aromatic heterocycles. The second-order valence-corrected chi connectivity index (χ2v) is 8.34. The molecule has 0 aliphatic heterocycles. The van der Waals surface area contributed by atoms with Gasteiger partial charge in [0.05, 0.1) is 15.9 Å². The second-order valence-electron chi connectivity index (χ2n) is 6.90. The number of anilines is 1. The van der Waals surface area contributed by atoms with Gasteiger partial charge in [-0.2, -0.15) is 5.10 Å². The summed E-state index contributed by atoms with van der Waals surface area (Å²) in [6.45, 7) is 5.62. The van der Waals surface area contributed by atoms with Crippen LogP contribution >= 0.6 is 22.9 Å². The highest BCUT2D eigenvalue weighted by Gasteiger charge is 2.21. The molecule has 8 heteroatoms. The maximum Gasteiger partial charge on any atom is 0.250 e. The van der Waals surface area contributed by atoms with Crippen LogP contribution in [0.25, 0.3) is 10.2 Å². The van der Waals surface area contributed by atoms with E-state index in [9.17, 15) is 4.79 Å². The molecule has 0 spiro atoms. The predicted molar refractivity (Wildman–Crippen MR) is 112 cm³/mol.